The molecule has 2 aliphatic heterocycles. The van der Waals surface area contributed by atoms with Crippen molar-refractivity contribution >= 4 is 11.8 Å². The zero-order valence-electron chi connectivity index (χ0n) is 11.5. The lowest BCUT2D eigenvalue weighted by molar-refractivity contribution is -0.153. The first-order valence-electron chi connectivity index (χ1n) is 7.23. The number of hydrogen-bond acceptors (Lipinski definition) is 4. The number of piperazine rings is 1. The maximum Gasteiger partial charge on any atom is 0.312 e. The zero-order valence-corrected chi connectivity index (χ0v) is 11.5. The summed E-state index contributed by atoms with van der Waals surface area (Å²) in [4.78, 5) is 29.9. The molecule has 2 aliphatic rings. The topological polar surface area (TPSA) is 69.9 Å². The summed E-state index contributed by atoms with van der Waals surface area (Å²) in [5.74, 6) is -0.638. The number of rotatable bonds is 2. The molecule has 0 bridgehead atoms. The van der Waals surface area contributed by atoms with Gasteiger partial charge in [-0.3, -0.25) is 14.5 Å². The molecule has 2 amide bonds. The molecule has 0 unspecified atom stereocenters. The highest BCUT2D eigenvalue weighted by molar-refractivity contribution is 6.34. The predicted molar refractivity (Wildman–Crippen MR) is 72.5 cm³/mol. The van der Waals surface area contributed by atoms with Crippen molar-refractivity contribution in [3.05, 3.63) is 0 Å². The van der Waals surface area contributed by atoms with Crippen LogP contribution in [0.4, 0.5) is 0 Å². The molecule has 0 radical (unpaired) electrons. The second-order valence-corrected chi connectivity index (χ2v) is 5.28. The molecule has 2 rings (SSSR count). The van der Waals surface area contributed by atoms with E-state index in [4.69, 9.17) is 5.73 Å². The number of amides is 2. The van der Waals surface area contributed by atoms with Gasteiger partial charge in [0.05, 0.1) is 0 Å². The van der Waals surface area contributed by atoms with E-state index in [0.29, 0.717) is 19.6 Å². The van der Waals surface area contributed by atoms with Gasteiger partial charge in [0.15, 0.2) is 0 Å². The average Bonchev–Trinajstić information content (AvgIpc) is 2.48. The van der Waals surface area contributed by atoms with Gasteiger partial charge in [-0.15, -0.1) is 0 Å². The minimum Gasteiger partial charge on any atom is -0.334 e. The third-order valence-corrected chi connectivity index (χ3v) is 3.93. The monoisotopic (exact) mass is 268 g/mol. The highest BCUT2D eigenvalue weighted by Gasteiger charge is 2.29. The summed E-state index contributed by atoms with van der Waals surface area (Å²) in [6.07, 6.45) is 3.20. The fourth-order valence-corrected chi connectivity index (χ4v) is 2.72. The maximum atomic E-state index is 12.2. The van der Waals surface area contributed by atoms with Crippen LogP contribution in [0, 0.1) is 0 Å². The molecule has 2 heterocycles. The van der Waals surface area contributed by atoms with Crippen molar-refractivity contribution in [2.45, 2.75) is 19.3 Å². The van der Waals surface area contributed by atoms with Gasteiger partial charge in [-0.25, -0.2) is 0 Å². The van der Waals surface area contributed by atoms with E-state index >= 15 is 0 Å². The van der Waals surface area contributed by atoms with E-state index in [-0.39, 0.29) is 11.8 Å². The standard InChI is InChI=1S/C13H24N4O2/c14-4-7-15-8-10-17(11-9-15)13(19)12(18)16-5-2-1-3-6-16/h1-11,14H2. The van der Waals surface area contributed by atoms with E-state index in [1.807, 2.05) is 0 Å². The van der Waals surface area contributed by atoms with Crippen LogP contribution in [0.15, 0.2) is 0 Å². The first kappa shape index (κ1) is 14.3. The van der Waals surface area contributed by atoms with E-state index < -0.39 is 0 Å². The first-order valence-corrected chi connectivity index (χ1v) is 7.23. The zero-order chi connectivity index (χ0) is 13.7. The van der Waals surface area contributed by atoms with Crippen molar-refractivity contribution in [2.75, 3.05) is 52.4 Å². The molecule has 6 heteroatoms. The molecule has 0 aromatic rings. The normalized spacial score (nSPS) is 21.5. The Hall–Kier alpha value is -1.14. The van der Waals surface area contributed by atoms with Gasteiger partial charge in [-0.2, -0.15) is 0 Å². The molecule has 6 nitrogen and oxygen atoms in total. The van der Waals surface area contributed by atoms with E-state index in [1.54, 1.807) is 9.80 Å². The van der Waals surface area contributed by atoms with Crippen LogP contribution in [0.1, 0.15) is 19.3 Å². The number of nitrogens with two attached hydrogens (primary N) is 1. The van der Waals surface area contributed by atoms with Crippen molar-refractivity contribution in [3.63, 3.8) is 0 Å². The molecule has 2 N–H and O–H groups in total. The lowest BCUT2D eigenvalue weighted by Crippen LogP contribution is -2.54. The summed E-state index contributed by atoms with van der Waals surface area (Å²) in [7, 11) is 0. The smallest absolute Gasteiger partial charge is 0.312 e. The summed E-state index contributed by atoms with van der Waals surface area (Å²) in [6, 6.07) is 0. The lowest BCUT2D eigenvalue weighted by Gasteiger charge is -2.35. The Labute approximate surface area is 114 Å². The number of carbonyl (C=O) groups is 2. The number of carbonyl (C=O) groups excluding carboxylic acids is 2. The van der Waals surface area contributed by atoms with Crippen LogP contribution in [0.3, 0.4) is 0 Å². The van der Waals surface area contributed by atoms with Crippen molar-refractivity contribution in [1.29, 1.82) is 0 Å². The van der Waals surface area contributed by atoms with Gasteiger partial charge in [0.25, 0.3) is 0 Å². The largest absolute Gasteiger partial charge is 0.334 e. The molecule has 2 saturated heterocycles. The third-order valence-electron chi connectivity index (χ3n) is 3.93. The van der Waals surface area contributed by atoms with E-state index in [9.17, 15) is 9.59 Å². The Kier molecular flexibility index (Phi) is 5.15. The summed E-state index contributed by atoms with van der Waals surface area (Å²) in [5.41, 5.74) is 5.52. The molecule has 0 spiro atoms. The SMILES string of the molecule is NCCN1CCN(C(=O)C(=O)N2CCCCC2)CC1. The number of piperidine rings is 1. The Bertz CT molecular complexity index is 321. The Morgan fingerprint density at radius 3 is 1.84 bits per heavy atom. The molecule has 108 valence electrons. The Morgan fingerprint density at radius 1 is 0.789 bits per heavy atom. The van der Waals surface area contributed by atoms with E-state index in [0.717, 1.165) is 52.0 Å². The molecule has 0 aliphatic carbocycles. The Balaban J connectivity index is 1.81. The van der Waals surface area contributed by atoms with Crippen LogP contribution < -0.4 is 5.73 Å². The van der Waals surface area contributed by atoms with Crippen molar-refractivity contribution in [2.24, 2.45) is 5.73 Å². The summed E-state index contributed by atoms with van der Waals surface area (Å²) < 4.78 is 0. The first-order chi connectivity index (χ1) is 9.22. The van der Waals surface area contributed by atoms with Crippen LogP contribution >= 0.6 is 0 Å². The molecule has 0 aromatic carbocycles. The highest BCUT2D eigenvalue weighted by atomic mass is 16.2. The van der Waals surface area contributed by atoms with Gasteiger partial charge in [0.2, 0.25) is 0 Å². The van der Waals surface area contributed by atoms with Gasteiger partial charge in [0, 0.05) is 52.4 Å². The van der Waals surface area contributed by atoms with Gasteiger partial charge in [-0.1, -0.05) is 0 Å². The van der Waals surface area contributed by atoms with Crippen molar-refractivity contribution in [1.82, 2.24) is 14.7 Å². The molecule has 0 aromatic heterocycles. The quantitative estimate of drug-likeness (QED) is 0.659. The van der Waals surface area contributed by atoms with Crippen LogP contribution in [0.2, 0.25) is 0 Å². The van der Waals surface area contributed by atoms with Gasteiger partial charge in [0.1, 0.15) is 0 Å². The fraction of sp³-hybridized carbons (Fsp3) is 0.846. The summed E-state index contributed by atoms with van der Waals surface area (Å²) in [5, 5.41) is 0. The Morgan fingerprint density at radius 2 is 1.32 bits per heavy atom. The number of hydrogen-bond donors (Lipinski definition) is 1. The van der Waals surface area contributed by atoms with E-state index in [1.165, 1.54) is 0 Å². The second kappa shape index (κ2) is 6.86. The van der Waals surface area contributed by atoms with Gasteiger partial charge in [-0.05, 0) is 19.3 Å². The van der Waals surface area contributed by atoms with Crippen molar-refractivity contribution in [3.8, 4) is 0 Å². The number of likely N-dealkylation sites (tertiary alicyclic amines) is 1. The molecular weight excluding hydrogens is 244 g/mol. The van der Waals surface area contributed by atoms with Gasteiger partial charge >= 0.3 is 11.8 Å². The van der Waals surface area contributed by atoms with Crippen LogP contribution in [0.5, 0.6) is 0 Å². The van der Waals surface area contributed by atoms with Gasteiger partial charge < -0.3 is 15.5 Å². The van der Waals surface area contributed by atoms with E-state index in [2.05, 4.69) is 4.90 Å². The molecular formula is C13H24N4O2. The highest BCUT2D eigenvalue weighted by Crippen LogP contribution is 2.10. The minimum atomic E-state index is -0.325. The molecule has 19 heavy (non-hydrogen) atoms. The average molecular weight is 268 g/mol. The summed E-state index contributed by atoms with van der Waals surface area (Å²) in [6.45, 7) is 5.88. The van der Waals surface area contributed by atoms with Crippen molar-refractivity contribution < 1.29 is 9.59 Å². The predicted octanol–water partition coefficient (Wildman–Crippen LogP) is -0.898. The lowest BCUT2D eigenvalue weighted by atomic mass is 10.1. The molecule has 2 fully saturated rings. The maximum absolute atomic E-state index is 12.2. The van der Waals surface area contributed by atoms with Crippen LogP contribution in [0.25, 0.3) is 0 Å². The third kappa shape index (κ3) is 3.67. The number of nitrogens with zero attached hydrogens (tertiary/aromatic N) is 3. The fourth-order valence-electron chi connectivity index (χ4n) is 2.72. The molecule has 0 atom stereocenters. The minimum absolute atomic E-state index is 0.313. The van der Waals surface area contributed by atoms with Crippen LogP contribution in [-0.4, -0.2) is 78.9 Å². The second-order valence-electron chi connectivity index (χ2n) is 5.28. The van der Waals surface area contributed by atoms with Crippen LogP contribution in [-0.2, 0) is 9.59 Å². The molecule has 0 saturated carbocycles. The summed E-state index contributed by atoms with van der Waals surface area (Å²) >= 11 is 0.